The average molecular weight is 398 g/mol. The van der Waals surface area contributed by atoms with Crippen LogP contribution in [0, 0.1) is 0 Å². The molecule has 1 N–H and O–H groups in total. The highest BCUT2D eigenvalue weighted by Gasteiger charge is 2.51. The van der Waals surface area contributed by atoms with E-state index in [9.17, 15) is 35.9 Å². The highest BCUT2D eigenvalue weighted by atomic mass is 19.4. The first kappa shape index (κ1) is 20.5. The van der Waals surface area contributed by atoms with Gasteiger partial charge in [0, 0.05) is 32.3 Å². The Morgan fingerprint density at radius 2 is 1.52 bits per heavy atom. The molecule has 0 spiro atoms. The second-order valence-corrected chi connectivity index (χ2v) is 5.45. The SMILES string of the molecule is O=C(O)c1ccc(N2CCN(C(=O)C=C(C(F)(F)F)C(F)(F)F)CC2)nn1. The Balaban J connectivity index is 2.05. The van der Waals surface area contributed by atoms with Crippen LogP contribution in [0.2, 0.25) is 0 Å². The molecule has 27 heavy (non-hydrogen) atoms. The van der Waals surface area contributed by atoms with E-state index < -0.39 is 35.9 Å². The molecule has 7 nitrogen and oxygen atoms in total. The smallest absolute Gasteiger partial charge is 0.421 e. The lowest BCUT2D eigenvalue weighted by molar-refractivity contribution is -0.173. The summed E-state index contributed by atoms with van der Waals surface area (Å²) in [5, 5.41) is 15.9. The standard InChI is InChI=1S/C14H12F6N4O3/c15-13(16,17)9(14(18,19)20)7-11(25)24-5-3-23(4-6-24)10-2-1-8(12(26)27)21-22-10/h1-2,7H,3-6H2,(H,26,27). The summed E-state index contributed by atoms with van der Waals surface area (Å²) in [5.41, 5.74) is -3.15. The first-order valence-corrected chi connectivity index (χ1v) is 7.36. The molecule has 1 aromatic rings. The van der Waals surface area contributed by atoms with Crippen LogP contribution in [0.1, 0.15) is 10.5 Å². The highest BCUT2D eigenvalue weighted by molar-refractivity contribution is 5.89. The van der Waals surface area contributed by atoms with Crippen molar-refractivity contribution in [3.63, 3.8) is 0 Å². The van der Waals surface area contributed by atoms with Crippen molar-refractivity contribution >= 4 is 17.7 Å². The van der Waals surface area contributed by atoms with Gasteiger partial charge in [-0.05, 0) is 12.1 Å². The molecule has 1 aliphatic heterocycles. The Bertz CT molecular complexity index is 721. The first-order valence-electron chi connectivity index (χ1n) is 7.36. The molecular formula is C14H12F6N4O3. The molecule has 0 radical (unpaired) electrons. The predicted octanol–water partition coefficient (Wildman–Crippen LogP) is 1.87. The van der Waals surface area contributed by atoms with Gasteiger partial charge in [-0.3, -0.25) is 4.79 Å². The fourth-order valence-corrected chi connectivity index (χ4v) is 2.30. The number of carboxylic acid groups (broad SMARTS) is 1. The molecule has 0 saturated carbocycles. The number of nitrogens with zero attached hydrogens (tertiary/aromatic N) is 4. The number of aromatic carboxylic acids is 1. The number of aromatic nitrogens is 2. The van der Waals surface area contributed by atoms with E-state index in [0.29, 0.717) is 0 Å². The van der Waals surface area contributed by atoms with Crippen LogP contribution in [0.25, 0.3) is 0 Å². The second kappa shape index (κ2) is 7.40. The van der Waals surface area contributed by atoms with Crippen molar-refractivity contribution in [2.75, 3.05) is 31.1 Å². The summed E-state index contributed by atoms with van der Waals surface area (Å²) in [6.45, 7) is -0.122. The van der Waals surface area contributed by atoms with E-state index in [1.807, 2.05) is 0 Å². The van der Waals surface area contributed by atoms with Crippen LogP contribution in [0.4, 0.5) is 32.2 Å². The molecule has 0 atom stereocenters. The molecule has 13 heteroatoms. The maximum atomic E-state index is 12.5. The minimum absolute atomic E-state index is 0.0774. The van der Waals surface area contributed by atoms with Gasteiger partial charge in [0.05, 0.1) is 0 Å². The zero-order chi connectivity index (χ0) is 20.4. The van der Waals surface area contributed by atoms with Gasteiger partial charge in [-0.1, -0.05) is 0 Å². The Morgan fingerprint density at radius 3 is 1.93 bits per heavy atom. The van der Waals surface area contributed by atoms with Gasteiger partial charge in [-0.25, -0.2) is 4.79 Å². The number of carbonyl (C=O) groups excluding carboxylic acids is 1. The van der Waals surface area contributed by atoms with Crippen molar-refractivity contribution in [2.45, 2.75) is 12.4 Å². The third-order valence-electron chi connectivity index (χ3n) is 3.66. The summed E-state index contributed by atoms with van der Waals surface area (Å²) >= 11 is 0. The molecule has 0 aliphatic carbocycles. The summed E-state index contributed by atoms with van der Waals surface area (Å²) in [5.74, 6) is -2.40. The zero-order valence-electron chi connectivity index (χ0n) is 13.4. The van der Waals surface area contributed by atoms with Gasteiger partial charge in [-0.15, -0.1) is 10.2 Å². The van der Waals surface area contributed by atoms with Crippen molar-refractivity contribution in [1.82, 2.24) is 15.1 Å². The van der Waals surface area contributed by atoms with Gasteiger partial charge in [0.15, 0.2) is 11.5 Å². The first-order chi connectivity index (χ1) is 12.4. The van der Waals surface area contributed by atoms with Crippen molar-refractivity contribution in [3.05, 3.63) is 29.5 Å². The Hall–Kier alpha value is -2.86. The van der Waals surface area contributed by atoms with Crippen LogP contribution in [-0.4, -0.2) is 70.6 Å². The molecule has 0 aromatic carbocycles. The summed E-state index contributed by atoms with van der Waals surface area (Å²) in [6, 6.07) is 2.56. The number of rotatable bonds is 3. The van der Waals surface area contributed by atoms with Crippen LogP contribution >= 0.6 is 0 Å². The number of anilines is 1. The van der Waals surface area contributed by atoms with E-state index in [1.54, 1.807) is 4.90 Å². The average Bonchev–Trinajstić information content (AvgIpc) is 2.57. The third kappa shape index (κ3) is 5.08. The largest absolute Gasteiger partial charge is 0.476 e. The number of alkyl halides is 6. The van der Waals surface area contributed by atoms with Crippen LogP contribution in [0.3, 0.4) is 0 Å². The van der Waals surface area contributed by atoms with Gasteiger partial charge in [0.25, 0.3) is 0 Å². The number of carboxylic acids is 1. The lowest BCUT2D eigenvalue weighted by Crippen LogP contribution is -2.49. The van der Waals surface area contributed by atoms with Crippen LogP contribution in [0.5, 0.6) is 0 Å². The van der Waals surface area contributed by atoms with Gasteiger partial charge < -0.3 is 14.9 Å². The molecule has 148 valence electrons. The second-order valence-electron chi connectivity index (χ2n) is 5.45. The molecule has 2 heterocycles. The Labute approximate surface area is 147 Å². The van der Waals surface area contributed by atoms with Crippen molar-refractivity contribution in [2.24, 2.45) is 0 Å². The monoisotopic (exact) mass is 398 g/mol. The number of allylic oxidation sites excluding steroid dienone is 1. The summed E-state index contributed by atoms with van der Waals surface area (Å²) in [7, 11) is 0. The van der Waals surface area contributed by atoms with Crippen molar-refractivity contribution in [1.29, 1.82) is 0 Å². The number of hydrogen-bond donors (Lipinski definition) is 1. The minimum Gasteiger partial charge on any atom is -0.476 e. The quantitative estimate of drug-likeness (QED) is 0.618. The molecule has 1 aromatic heterocycles. The number of amides is 1. The van der Waals surface area contributed by atoms with E-state index in [1.165, 1.54) is 12.1 Å². The highest BCUT2D eigenvalue weighted by Crippen LogP contribution is 2.38. The van der Waals surface area contributed by atoms with Crippen LogP contribution in [0.15, 0.2) is 23.8 Å². The lowest BCUT2D eigenvalue weighted by Gasteiger charge is -2.34. The van der Waals surface area contributed by atoms with Gasteiger partial charge >= 0.3 is 18.3 Å². The third-order valence-corrected chi connectivity index (χ3v) is 3.66. The molecule has 0 unspecified atom stereocenters. The van der Waals surface area contributed by atoms with E-state index in [-0.39, 0.29) is 37.7 Å². The molecule has 0 bridgehead atoms. The summed E-state index contributed by atoms with van der Waals surface area (Å²) in [6.07, 6.45) is -11.8. The fourth-order valence-electron chi connectivity index (χ4n) is 2.30. The Morgan fingerprint density at radius 1 is 0.963 bits per heavy atom. The molecule has 1 amide bonds. The molecule has 1 fully saturated rings. The normalized spacial score (nSPS) is 15.5. The van der Waals surface area contributed by atoms with Crippen LogP contribution < -0.4 is 4.90 Å². The maximum Gasteiger partial charge on any atom is 0.421 e. The van der Waals surface area contributed by atoms with Gasteiger partial charge in [0.2, 0.25) is 5.91 Å². The van der Waals surface area contributed by atoms with E-state index >= 15 is 0 Å². The molecule has 2 rings (SSSR count). The molecule has 1 aliphatic rings. The van der Waals surface area contributed by atoms with Crippen LogP contribution in [-0.2, 0) is 4.79 Å². The summed E-state index contributed by atoms with van der Waals surface area (Å²) in [4.78, 5) is 24.9. The van der Waals surface area contributed by atoms with Crippen molar-refractivity contribution in [3.8, 4) is 0 Å². The van der Waals surface area contributed by atoms with E-state index in [4.69, 9.17) is 5.11 Å². The number of halogens is 6. The van der Waals surface area contributed by atoms with Gasteiger partial charge in [0.1, 0.15) is 5.57 Å². The molecule has 1 saturated heterocycles. The van der Waals surface area contributed by atoms with Gasteiger partial charge in [-0.2, -0.15) is 26.3 Å². The zero-order valence-corrected chi connectivity index (χ0v) is 13.4. The van der Waals surface area contributed by atoms with E-state index in [2.05, 4.69) is 10.2 Å². The lowest BCUT2D eigenvalue weighted by atomic mass is 10.2. The number of piperazine rings is 1. The molecular weight excluding hydrogens is 386 g/mol. The van der Waals surface area contributed by atoms with Crippen molar-refractivity contribution < 1.29 is 41.0 Å². The number of carbonyl (C=O) groups is 2. The Kier molecular flexibility index (Phi) is 5.61. The summed E-state index contributed by atoms with van der Waals surface area (Å²) < 4.78 is 75.0. The minimum atomic E-state index is -5.70. The maximum absolute atomic E-state index is 12.5. The number of hydrogen-bond acceptors (Lipinski definition) is 5. The predicted molar refractivity (Wildman–Crippen MR) is 78.0 cm³/mol. The van der Waals surface area contributed by atoms with E-state index in [0.717, 1.165) is 4.90 Å². The topological polar surface area (TPSA) is 86.6 Å². The fraction of sp³-hybridized carbons (Fsp3) is 0.429.